The molecule has 13 nitrogen and oxygen atoms in total. The molecule has 4 aromatic rings. The van der Waals surface area contributed by atoms with Gasteiger partial charge in [-0.1, -0.05) is 38.1 Å². The van der Waals surface area contributed by atoms with E-state index in [-0.39, 0.29) is 36.4 Å². The summed E-state index contributed by atoms with van der Waals surface area (Å²) in [4.78, 5) is 50.5. The summed E-state index contributed by atoms with van der Waals surface area (Å²) in [7, 11) is 1.72. The lowest BCUT2D eigenvalue weighted by molar-refractivity contribution is -0.123. The van der Waals surface area contributed by atoms with E-state index in [1.54, 1.807) is 25.1 Å². The van der Waals surface area contributed by atoms with Gasteiger partial charge in [-0.25, -0.2) is 14.8 Å². The maximum Gasteiger partial charge on any atom is 0.410 e. The number of hydrogen-bond donors (Lipinski definition) is 3. The van der Waals surface area contributed by atoms with Crippen LogP contribution in [0.4, 0.5) is 15.7 Å². The van der Waals surface area contributed by atoms with Crippen molar-refractivity contribution in [3.8, 4) is 11.4 Å². The van der Waals surface area contributed by atoms with E-state index in [1.807, 2.05) is 52.0 Å². The highest BCUT2D eigenvalue weighted by molar-refractivity contribution is 7.16. The number of aryl methyl sites for hydroxylation is 2. The molecule has 0 bridgehead atoms. The Morgan fingerprint density at radius 1 is 1.13 bits per heavy atom. The number of carbonyl (C=O) groups is 3. The molecule has 0 aliphatic heterocycles. The molecule has 3 heterocycles. The fraction of sp³-hybridized carbons (Fsp3) is 0.485. The zero-order chi connectivity index (χ0) is 34.9. The van der Waals surface area contributed by atoms with Gasteiger partial charge < -0.3 is 29.9 Å². The number of benzene rings is 1. The minimum Gasteiger partial charge on any atom is -0.483 e. The van der Waals surface area contributed by atoms with Crippen LogP contribution in [-0.2, 0) is 19.7 Å². The maximum atomic E-state index is 13.3. The van der Waals surface area contributed by atoms with Crippen molar-refractivity contribution in [1.82, 2.24) is 25.0 Å². The van der Waals surface area contributed by atoms with Crippen molar-refractivity contribution < 1.29 is 28.8 Å². The third-order valence-corrected chi connectivity index (χ3v) is 8.30. The Hall–Kier alpha value is -4.59. The first-order valence-corrected chi connectivity index (χ1v) is 16.1. The number of nitrogens with one attached hydrogen (secondary N) is 2. The summed E-state index contributed by atoms with van der Waals surface area (Å²) in [5.41, 5.74) is 1.08. The Bertz CT molecular complexity index is 1670. The van der Waals surface area contributed by atoms with Crippen LogP contribution in [0.2, 0.25) is 0 Å². The summed E-state index contributed by atoms with van der Waals surface area (Å²) in [6.07, 6.45) is 2.79. The Labute approximate surface area is 279 Å². The van der Waals surface area contributed by atoms with Crippen LogP contribution in [0.1, 0.15) is 77.3 Å². The van der Waals surface area contributed by atoms with Crippen LogP contribution < -0.4 is 10.6 Å². The van der Waals surface area contributed by atoms with Crippen LogP contribution >= 0.6 is 11.3 Å². The highest BCUT2D eigenvalue weighted by atomic mass is 32.1. The zero-order valence-corrected chi connectivity index (χ0v) is 29.3. The standard InChI is InChI=1S/C32H43N7O4S.CH2O2/c1-19-26(31(3,4)5)44-29(34-19)37-25(40)18-23(11-10-16-39(9)30(41)42-32(6,7)8)36-28-24-17-22(27-35-20(2)43-38-27)13-12-21(24)14-15-33-28;2-1-3/h12-15,17,23H,10-11,16,18H2,1-9H3,(H,33,36)(H,34,37,40);1H,(H,2,3). The lowest BCUT2D eigenvalue weighted by Crippen LogP contribution is -2.35. The molecule has 0 spiro atoms. The molecule has 3 N–H and O–H groups in total. The van der Waals surface area contributed by atoms with E-state index in [9.17, 15) is 9.59 Å². The van der Waals surface area contributed by atoms with Crippen molar-refractivity contribution in [3.05, 3.63) is 46.9 Å². The number of rotatable bonds is 10. The van der Waals surface area contributed by atoms with Gasteiger partial charge in [-0.2, -0.15) is 4.98 Å². The normalized spacial score (nSPS) is 12.1. The summed E-state index contributed by atoms with van der Waals surface area (Å²) < 4.78 is 10.7. The van der Waals surface area contributed by atoms with Crippen molar-refractivity contribution in [1.29, 1.82) is 0 Å². The van der Waals surface area contributed by atoms with Crippen molar-refractivity contribution in [2.45, 2.75) is 91.7 Å². The minimum absolute atomic E-state index is 0.0614. The molecule has 0 aliphatic carbocycles. The first kappa shape index (κ1) is 36.9. The van der Waals surface area contributed by atoms with E-state index >= 15 is 0 Å². The molecule has 2 amide bonds. The number of anilines is 2. The molecule has 14 heteroatoms. The molecule has 0 aliphatic rings. The Morgan fingerprint density at radius 3 is 2.43 bits per heavy atom. The summed E-state index contributed by atoms with van der Waals surface area (Å²) in [5.74, 6) is 1.47. The number of amides is 2. The van der Waals surface area contributed by atoms with Crippen molar-refractivity contribution in [3.63, 3.8) is 0 Å². The number of pyridine rings is 1. The first-order valence-electron chi connectivity index (χ1n) is 15.3. The number of fused-ring (bicyclic) bond motifs is 1. The van der Waals surface area contributed by atoms with Crippen molar-refractivity contribution in [2.24, 2.45) is 0 Å². The number of aromatic nitrogens is 4. The predicted octanol–water partition coefficient (Wildman–Crippen LogP) is 6.81. The number of hydrogen-bond acceptors (Lipinski definition) is 11. The van der Waals surface area contributed by atoms with Crippen molar-refractivity contribution >= 4 is 51.5 Å². The van der Waals surface area contributed by atoms with Gasteiger partial charge in [0.15, 0.2) is 5.13 Å². The van der Waals surface area contributed by atoms with Gasteiger partial charge in [0.1, 0.15) is 11.4 Å². The van der Waals surface area contributed by atoms with Gasteiger partial charge in [-0.05, 0) is 63.5 Å². The second-order valence-electron chi connectivity index (χ2n) is 13.2. The Morgan fingerprint density at radius 2 is 1.83 bits per heavy atom. The van der Waals surface area contributed by atoms with Crippen LogP contribution in [0.15, 0.2) is 35.0 Å². The fourth-order valence-corrected chi connectivity index (χ4v) is 5.84. The zero-order valence-electron chi connectivity index (χ0n) is 28.5. The minimum atomic E-state index is -0.576. The van der Waals surface area contributed by atoms with Crippen molar-refractivity contribution in [2.75, 3.05) is 24.2 Å². The second-order valence-corrected chi connectivity index (χ2v) is 14.2. The van der Waals surface area contributed by atoms with Gasteiger partial charge in [-0.3, -0.25) is 9.59 Å². The molecule has 1 aromatic carbocycles. The summed E-state index contributed by atoms with van der Waals surface area (Å²) in [6.45, 7) is 15.9. The number of carbonyl (C=O) groups excluding carboxylic acids is 2. The average Bonchev–Trinajstić information content (AvgIpc) is 3.57. The van der Waals surface area contributed by atoms with E-state index in [0.29, 0.717) is 42.1 Å². The molecule has 254 valence electrons. The number of carboxylic acid groups (broad SMARTS) is 1. The first-order chi connectivity index (χ1) is 22.0. The molecule has 47 heavy (non-hydrogen) atoms. The molecular weight excluding hydrogens is 622 g/mol. The topological polar surface area (TPSA) is 173 Å². The number of nitrogens with zero attached hydrogens (tertiary/aromatic N) is 5. The van der Waals surface area contributed by atoms with Gasteiger partial charge in [-0.15, -0.1) is 11.3 Å². The molecular formula is C33H45N7O6S. The van der Waals surface area contributed by atoms with E-state index in [1.165, 1.54) is 11.3 Å². The van der Waals surface area contributed by atoms with E-state index in [0.717, 1.165) is 26.9 Å². The molecule has 0 radical (unpaired) electrons. The van der Waals surface area contributed by atoms with Gasteiger partial charge in [0.05, 0.1) is 5.69 Å². The third-order valence-electron chi connectivity index (χ3n) is 6.80. The third kappa shape index (κ3) is 11.0. The summed E-state index contributed by atoms with van der Waals surface area (Å²) in [6, 6.07) is 7.54. The molecule has 1 unspecified atom stereocenters. The average molecular weight is 668 g/mol. The van der Waals surface area contributed by atoms with E-state index in [2.05, 4.69) is 51.5 Å². The second kappa shape index (κ2) is 15.8. The van der Waals surface area contributed by atoms with Gasteiger partial charge in [0.2, 0.25) is 17.6 Å². The lowest BCUT2D eigenvalue weighted by atomic mass is 9.94. The number of thiazole rings is 1. The molecule has 1 atom stereocenters. The van der Waals surface area contributed by atoms with E-state index in [4.69, 9.17) is 19.2 Å². The SMILES string of the molecule is Cc1nc(-c2ccc3ccnc(NC(CCCN(C)C(=O)OC(C)(C)C)CC(=O)Nc4nc(C)c(C(C)(C)C)s4)c3c2)no1.O=CO. The predicted molar refractivity (Wildman–Crippen MR) is 183 cm³/mol. The van der Waals surface area contributed by atoms with Crippen LogP contribution in [0.3, 0.4) is 0 Å². The lowest BCUT2D eigenvalue weighted by Gasteiger charge is -2.25. The molecule has 3 aromatic heterocycles. The van der Waals surface area contributed by atoms with E-state index < -0.39 is 5.60 Å². The van der Waals surface area contributed by atoms with Crippen LogP contribution in [-0.4, -0.2) is 73.8 Å². The van der Waals surface area contributed by atoms with Gasteiger partial charge >= 0.3 is 6.09 Å². The van der Waals surface area contributed by atoms with Crippen LogP contribution in [0, 0.1) is 13.8 Å². The highest BCUT2D eigenvalue weighted by Gasteiger charge is 2.24. The maximum absolute atomic E-state index is 13.3. The van der Waals surface area contributed by atoms with Gasteiger partial charge in [0.25, 0.3) is 6.47 Å². The molecule has 0 saturated heterocycles. The largest absolute Gasteiger partial charge is 0.483 e. The monoisotopic (exact) mass is 667 g/mol. The Kier molecular flexibility index (Phi) is 12.4. The summed E-state index contributed by atoms with van der Waals surface area (Å²) >= 11 is 1.50. The summed E-state index contributed by atoms with van der Waals surface area (Å²) in [5, 5.41) is 19.9. The molecule has 0 fully saturated rings. The van der Waals surface area contributed by atoms with Crippen LogP contribution in [0.25, 0.3) is 22.2 Å². The van der Waals surface area contributed by atoms with Gasteiger partial charge in [0, 0.05) is 55.0 Å². The molecule has 0 saturated carbocycles. The fourth-order valence-electron chi connectivity index (χ4n) is 4.80. The molecule has 4 rings (SSSR count). The number of ether oxygens (including phenoxy) is 1. The highest BCUT2D eigenvalue weighted by Crippen LogP contribution is 2.34. The van der Waals surface area contributed by atoms with Crippen LogP contribution in [0.5, 0.6) is 0 Å². The quantitative estimate of drug-likeness (QED) is 0.152. The Balaban J connectivity index is 0.00000192. The smallest absolute Gasteiger partial charge is 0.410 e.